The molecule has 1 aliphatic heterocycles. The number of fused-ring (bicyclic) bond motifs is 1. The van der Waals surface area contributed by atoms with Gasteiger partial charge >= 0.3 is 0 Å². The first-order chi connectivity index (χ1) is 17.1. The third-order valence-corrected chi connectivity index (χ3v) is 5.79. The molecule has 1 fully saturated rings. The number of methoxy groups -OCH3 is 2. The van der Waals surface area contributed by atoms with E-state index in [1.807, 2.05) is 0 Å². The summed E-state index contributed by atoms with van der Waals surface area (Å²) in [6.07, 6.45) is -8.18. The first-order valence-electron chi connectivity index (χ1n) is 10.6. The van der Waals surface area contributed by atoms with Crippen molar-refractivity contribution in [1.82, 2.24) is 0 Å². The second-order valence-corrected chi connectivity index (χ2v) is 7.94. The van der Waals surface area contributed by atoms with Gasteiger partial charge in [-0.15, -0.1) is 0 Å². The number of benzene rings is 2. The fourth-order valence-corrected chi connectivity index (χ4v) is 3.87. The molecule has 0 amide bonds. The van der Waals surface area contributed by atoms with Crippen molar-refractivity contribution in [3.8, 4) is 45.8 Å². The molecule has 2 heterocycles. The molecule has 0 radical (unpaired) electrons. The van der Waals surface area contributed by atoms with Crippen LogP contribution >= 0.6 is 0 Å². The van der Waals surface area contributed by atoms with Crippen LogP contribution in [0.1, 0.15) is 0 Å². The third kappa shape index (κ3) is 4.12. The fraction of sp³-hybridized carbons (Fsp3) is 0.348. The van der Waals surface area contributed by atoms with Gasteiger partial charge in [0.25, 0.3) is 0 Å². The number of phenolic OH excluding ortho intramolecular Hbond substituents is 3. The van der Waals surface area contributed by atoms with E-state index in [1.54, 1.807) is 0 Å². The van der Waals surface area contributed by atoms with Crippen molar-refractivity contribution in [2.45, 2.75) is 30.7 Å². The van der Waals surface area contributed by atoms with Gasteiger partial charge in [-0.2, -0.15) is 0 Å². The van der Waals surface area contributed by atoms with Gasteiger partial charge in [-0.1, -0.05) is 0 Å². The van der Waals surface area contributed by atoms with Crippen molar-refractivity contribution in [2.24, 2.45) is 0 Å². The Labute approximate surface area is 202 Å². The van der Waals surface area contributed by atoms with Gasteiger partial charge < -0.3 is 59.1 Å². The maximum atomic E-state index is 13.1. The zero-order valence-electron chi connectivity index (χ0n) is 19.0. The first kappa shape index (κ1) is 25.3. The minimum Gasteiger partial charge on any atom is -0.504 e. The largest absolute Gasteiger partial charge is 0.504 e. The van der Waals surface area contributed by atoms with Gasteiger partial charge in [0, 0.05) is 11.6 Å². The van der Waals surface area contributed by atoms with Crippen LogP contribution in [0.3, 0.4) is 0 Å². The number of aromatic hydroxyl groups is 3. The molecule has 4 rings (SSSR count). The Hall–Kier alpha value is -3.75. The number of aliphatic hydroxyl groups is 4. The maximum Gasteiger partial charge on any atom is 0.239 e. The zero-order chi connectivity index (χ0) is 26.3. The average Bonchev–Trinajstić information content (AvgIpc) is 2.86. The predicted molar refractivity (Wildman–Crippen MR) is 120 cm³/mol. The van der Waals surface area contributed by atoms with E-state index in [2.05, 4.69) is 0 Å². The molecule has 0 unspecified atom stereocenters. The molecule has 0 spiro atoms. The molecule has 5 atom stereocenters. The van der Waals surface area contributed by atoms with Crippen LogP contribution in [-0.4, -0.2) is 87.3 Å². The highest BCUT2D eigenvalue weighted by molar-refractivity contribution is 5.91. The highest BCUT2D eigenvalue weighted by Gasteiger charge is 2.45. The van der Waals surface area contributed by atoms with Gasteiger partial charge in [-0.25, -0.2) is 0 Å². The minimum atomic E-state index is -1.80. The van der Waals surface area contributed by atoms with Crippen molar-refractivity contribution < 1.29 is 59.1 Å². The molecule has 0 saturated carbocycles. The highest BCUT2D eigenvalue weighted by Crippen LogP contribution is 2.44. The molecule has 1 aromatic heterocycles. The molecule has 13 nitrogen and oxygen atoms in total. The summed E-state index contributed by atoms with van der Waals surface area (Å²) in [6.45, 7) is -0.716. The number of hydrogen-bond donors (Lipinski definition) is 7. The van der Waals surface area contributed by atoms with E-state index in [4.69, 9.17) is 23.4 Å². The Balaban J connectivity index is 1.84. The predicted octanol–water partition coefficient (Wildman–Crippen LogP) is -0.227. The Morgan fingerprint density at radius 1 is 0.917 bits per heavy atom. The monoisotopic (exact) mass is 508 g/mol. The zero-order valence-corrected chi connectivity index (χ0v) is 19.0. The van der Waals surface area contributed by atoms with E-state index in [1.165, 1.54) is 32.4 Å². The molecule has 2 aromatic carbocycles. The fourth-order valence-electron chi connectivity index (χ4n) is 3.87. The molecule has 3 aromatic rings. The number of phenols is 3. The van der Waals surface area contributed by atoms with Gasteiger partial charge in [0.1, 0.15) is 35.4 Å². The molecule has 36 heavy (non-hydrogen) atoms. The van der Waals surface area contributed by atoms with Crippen molar-refractivity contribution in [1.29, 1.82) is 0 Å². The van der Waals surface area contributed by atoms with Crippen LogP contribution in [-0.2, 0) is 4.74 Å². The molecule has 1 saturated heterocycles. The van der Waals surface area contributed by atoms with E-state index in [9.17, 15) is 40.5 Å². The Kier molecular flexibility index (Phi) is 6.84. The Bertz CT molecular complexity index is 1330. The van der Waals surface area contributed by atoms with Gasteiger partial charge in [0.05, 0.1) is 20.8 Å². The summed E-state index contributed by atoms with van der Waals surface area (Å²) >= 11 is 0. The van der Waals surface area contributed by atoms with Crippen LogP contribution in [0.25, 0.3) is 22.3 Å². The van der Waals surface area contributed by atoms with E-state index in [0.29, 0.717) is 0 Å². The number of hydrogen-bond acceptors (Lipinski definition) is 13. The summed E-state index contributed by atoms with van der Waals surface area (Å²) in [4.78, 5) is 13.1. The maximum absolute atomic E-state index is 13.1. The standard InChI is InChI=1S/C23H24O13/c1-32-10-4-3-8(5-9(10)25)21-22(33-2)18(29)14-11(34-21)6-12(15(26)17(14)28)35-23-20(31)19(30)16(27)13(7-24)36-23/h3-6,13,16,19-20,23-28,30-31H,7H2,1-2H3/t13-,16-,19+,20-,23-/m1/s1. The highest BCUT2D eigenvalue weighted by atomic mass is 16.7. The number of ether oxygens (including phenoxy) is 4. The van der Waals surface area contributed by atoms with Gasteiger partial charge in [-0.3, -0.25) is 4.79 Å². The van der Waals surface area contributed by atoms with E-state index < -0.39 is 65.4 Å². The number of rotatable bonds is 6. The quantitative estimate of drug-likeness (QED) is 0.215. The molecule has 194 valence electrons. The number of aliphatic hydroxyl groups excluding tert-OH is 4. The summed E-state index contributed by atoms with van der Waals surface area (Å²) < 4.78 is 26.6. The summed E-state index contributed by atoms with van der Waals surface area (Å²) in [5.74, 6) is -2.90. The lowest BCUT2D eigenvalue weighted by Crippen LogP contribution is -2.60. The van der Waals surface area contributed by atoms with Crippen molar-refractivity contribution in [3.63, 3.8) is 0 Å². The molecule has 0 bridgehead atoms. The molecular formula is C23H24O13. The van der Waals surface area contributed by atoms with E-state index in [0.717, 1.165) is 6.07 Å². The summed E-state index contributed by atoms with van der Waals surface area (Å²) in [7, 11) is 2.55. The molecule has 7 N–H and O–H groups in total. The normalized spacial score (nSPS) is 24.0. The van der Waals surface area contributed by atoms with Crippen molar-refractivity contribution >= 4 is 11.0 Å². The summed E-state index contributed by atoms with van der Waals surface area (Å²) in [6, 6.07) is 5.20. The second-order valence-electron chi connectivity index (χ2n) is 7.94. The molecular weight excluding hydrogens is 484 g/mol. The lowest BCUT2D eigenvalue weighted by atomic mass is 9.99. The molecule has 1 aliphatic rings. The van der Waals surface area contributed by atoms with Crippen LogP contribution in [0, 0.1) is 0 Å². The topological polar surface area (TPSA) is 209 Å². The van der Waals surface area contributed by atoms with Crippen LogP contribution in [0.4, 0.5) is 0 Å². The van der Waals surface area contributed by atoms with Gasteiger partial charge in [-0.05, 0) is 18.2 Å². The molecule has 0 aliphatic carbocycles. The Morgan fingerprint density at radius 2 is 1.64 bits per heavy atom. The van der Waals surface area contributed by atoms with Gasteiger partial charge in [0.15, 0.2) is 28.8 Å². The van der Waals surface area contributed by atoms with Crippen LogP contribution in [0.5, 0.6) is 34.5 Å². The second kappa shape index (κ2) is 9.72. The first-order valence-corrected chi connectivity index (χ1v) is 10.6. The van der Waals surface area contributed by atoms with Crippen molar-refractivity contribution in [2.75, 3.05) is 20.8 Å². The SMILES string of the molecule is COc1ccc(-c2oc3cc(O[C@@H]4O[C@H](CO)[C@@H](O)[C@H](O)[C@H]4O)c(O)c(O)c3c(=O)c2OC)cc1O. The Morgan fingerprint density at radius 3 is 2.25 bits per heavy atom. The van der Waals surface area contributed by atoms with Gasteiger partial charge in [0.2, 0.25) is 23.2 Å². The van der Waals surface area contributed by atoms with Crippen LogP contribution < -0.4 is 19.6 Å². The lowest BCUT2D eigenvalue weighted by molar-refractivity contribution is -0.277. The molecule has 13 heteroatoms. The van der Waals surface area contributed by atoms with E-state index >= 15 is 0 Å². The van der Waals surface area contributed by atoms with E-state index in [-0.39, 0.29) is 34.2 Å². The smallest absolute Gasteiger partial charge is 0.239 e. The summed E-state index contributed by atoms with van der Waals surface area (Å²) in [5.41, 5.74) is -0.912. The summed E-state index contributed by atoms with van der Waals surface area (Å²) in [5, 5.41) is 70.2. The minimum absolute atomic E-state index is 0.128. The van der Waals surface area contributed by atoms with Crippen molar-refractivity contribution in [3.05, 3.63) is 34.5 Å². The average molecular weight is 508 g/mol. The third-order valence-electron chi connectivity index (χ3n) is 5.79. The van der Waals surface area contributed by atoms with Crippen LogP contribution in [0.15, 0.2) is 33.5 Å². The van der Waals surface area contributed by atoms with Crippen LogP contribution in [0.2, 0.25) is 0 Å². The lowest BCUT2D eigenvalue weighted by Gasteiger charge is -2.39.